The van der Waals surface area contributed by atoms with Crippen LogP contribution < -0.4 is 9.62 Å². The Labute approximate surface area is 199 Å². The van der Waals surface area contributed by atoms with Crippen LogP contribution in [0.3, 0.4) is 0 Å². The van der Waals surface area contributed by atoms with Gasteiger partial charge in [-0.1, -0.05) is 42.5 Å². The van der Waals surface area contributed by atoms with Gasteiger partial charge in [-0.2, -0.15) is 0 Å². The van der Waals surface area contributed by atoms with Gasteiger partial charge in [0, 0.05) is 18.9 Å². The second-order valence-corrected chi connectivity index (χ2v) is 9.91. The van der Waals surface area contributed by atoms with E-state index >= 15 is 0 Å². The molecule has 34 heavy (non-hydrogen) atoms. The molecule has 8 heteroatoms. The number of hydrogen-bond donors (Lipinski definition) is 1. The molecule has 0 aliphatic carbocycles. The summed E-state index contributed by atoms with van der Waals surface area (Å²) in [6.45, 7) is 3.71. The molecule has 4 rings (SSSR count). The normalized spacial score (nSPS) is 11.2. The zero-order chi connectivity index (χ0) is 24.1. The Morgan fingerprint density at radius 3 is 2.32 bits per heavy atom. The number of sulfonamides is 1. The van der Waals surface area contributed by atoms with Gasteiger partial charge in [-0.15, -0.1) is 0 Å². The van der Waals surface area contributed by atoms with E-state index in [9.17, 15) is 13.2 Å². The maximum Gasteiger partial charge on any atom is 0.264 e. The van der Waals surface area contributed by atoms with E-state index < -0.39 is 15.9 Å². The van der Waals surface area contributed by atoms with Crippen LogP contribution in [-0.2, 0) is 21.4 Å². The molecule has 0 unspecified atom stereocenters. The fourth-order valence-electron chi connectivity index (χ4n) is 3.82. The third kappa shape index (κ3) is 5.18. The maximum absolute atomic E-state index is 13.5. The Morgan fingerprint density at radius 2 is 1.65 bits per heavy atom. The quantitative estimate of drug-likeness (QED) is 0.418. The van der Waals surface area contributed by atoms with E-state index in [0.29, 0.717) is 5.69 Å². The first-order valence-corrected chi connectivity index (χ1v) is 12.3. The highest BCUT2D eigenvalue weighted by atomic mass is 32.2. The summed E-state index contributed by atoms with van der Waals surface area (Å²) in [7, 11) is -3.95. The highest BCUT2D eigenvalue weighted by molar-refractivity contribution is 7.92. The molecule has 1 amide bonds. The first-order chi connectivity index (χ1) is 16.3. The van der Waals surface area contributed by atoms with Crippen LogP contribution in [0, 0.1) is 13.8 Å². The molecule has 0 bridgehead atoms. The largest absolute Gasteiger partial charge is 0.350 e. The third-order valence-electron chi connectivity index (χ3n) is 5.36. The van der Waals surface area contributed by atoms with Gasteiger partial charge >= 0.3 is 0 Å². The predicted octanol–water partition coefficient (Wildman–Crippen LogP) is 4.00. The molecule has 0 atom stereocenters. The van der Waals surface area contributed by atoms with Crippen molar-refractivity contribution in [2.75, 3.05) is 10.8 Å². The minimum Gasteiger partial charge on any atom is -0.350 e. The predicted molar refractivity (Wildman–Crippen MR) is 132 cm³/mol. The SMILES string of the molecule is Cc1cc(C)cc(N(CC(=O)NCc2ccccc2-n2ccnc2)S(=O)(=O)c2ccccc2)c1. The third-order valence-corrected chi connectivity index (χ3v) is 7.15. The summed E-state index contributed by atoms with van der Waals surface area (Å²) in [5, 5.41) is 2.88. The Bertz CT molecular complexity index is 1360. The number of benzene rings is 3. The number of nitrogens with one attached hydrogen (secondary N) is 1. The molecule has 7 nitrogen and oxygen atoms in total. The van der Waals surface area contributed by atoms with E-state index in [4.69, 9.17) is 0 Å². The van der Waals surface area contributed by atoms with Crippen molar-refractivity contribution in [3.63, 3.8) is 0 Å². The van der Waals surface area contributed by atoms with Crippen molar-refractivity contribution >= 4 is 21.6 Å². The summed E-state index contributed by atoms with van der Waals surface area (Å²) in [4.78, 5) is 17.2. The van der Waals surface area contributed by atoms with Crippen molar-refractivity contribution in [3.8, 4) is 5.69 Å². The highest BCUT2D eigenvalue weighted by Gasteiger charge is 2.27. The first kappa shape index (κ1) is 23.3. The zero-order valence-electron chi connectivity index (χ0n) is 19.0. The van der Waals surface area contributed by atoms with E-state index in [-0.39, 0.29) is 18.0 Å². The fraction of sp³-hybridized carbons (Fsp3) is 0.154. The number of imidazole rings is 1. The van der Waals surface area contributed by atoms with Gasteiger partial charge in [0.25, 0.3) is 10.0 Å². The van der Waals surface area contributed by atoms with Gasteiger partial charge in [-0.05, 0) is 60.9 Å². The smallest absolute Gasteiger partial charge is 0.264 e. The van der Waals surface area contributed by atoms with Crippen molar-refractivity contribution in [3.05, 3.63) is 108 Å². The van der Waals surface area contributed by atoms with Crippen LogP contribution >= 0.6 is 0 Å². The average molecular weight is 475 g/mol. The number of aromatic nitrogens is 2. The molecule has 0 radical (unpaired) electrons. The molecular weight excluding hydrogens is 448 g/mol. The van der Waals surface area contributed by atoms with Crippen LogP contribution in [0.5, 0.6) is 0 Å². The molecule has 0 saturated carbocycles. The van der Waals surface area contributed by atoms with Gasteiger partial charge in [-0.25, -0.2) is 13.4 Å². The van der Waals surface area contributed by atoms with E-state index in [1.165, 1.54) is 16.4 Å². The Balaban J connectivity index is 1.60. The van der Waals surface area contributed by atoms with Gasteiger partial charge in [-0.3, -0.25) is 9.10 Å². The van der Waals surface area contributed by atoms with Crippen molar-refractivity contribution in [1.82, 2.24) is 14.9 Å². The lowest BCUT2D eigenvalue weighted by Crippen LogP contribution is -2.40. The molecule has 3 aromatic carbocycles. The molecule has 1 N–H and O–H groups in total. The standard InChI is InChI=1S/C26H26N4O3S/c1-20-14-21(2)16-23(15-20)30(34(32,33)24-9-4-3-5-10-24)18-26(31)28-17-22-8-6-7-11-25(22)29-13-12-27-19-29/h3-16,19H,17-18H2,1-2H3,(H,28,31). The van der Waals surface area contributed by atoms with Crippen molar-refractivity contribution in [2.45, 2.75) is 25.3 Å². The Kier molecular flexibility index (Phi) is 6.79. The molecule has 4 aromatic rings. The minimum absolute atomic E-state index is 0.132. The van der Waals surface area contributed by atoms with E-state index in [1.54, 1.807) is 42.9 Å². The highest BCUT2D eigenvalue weighted by Crippen LogP contribution is 2.26. The van der Waals surface area contributed by atoms with Crippen LogP contribution in [0.1, 0.15) is 16.7 Å². The second-order valence-electron chi connectivity index (χ2n) is 8.05. The first-order valence-electron chi connectivity index (χ1n) is 10.8. The average Bonchev–Trinajstić information content (AvgIpc) is 3.36. The van der Waals surface area contributed by atoms with Crippen molar-refractivity contribution < 1.29 is 13.2 Å². The lowest BCUT2D eigenvalue weighted by Gasteiger charge is -2.25. The Morgan fingerprint density at radius 1 is 0.971 bits per heavy atom. The number of nitrogens with zero attached hydrogens (tertiary/aromatic N) is 3. The van der Waals surface area contributed by atoms with E-state index in [2.05, 4.69) is 10.3 Å². The molecule has 0 fully saturated rings. The zero-order valence-corrected chi connectivity index (χ0v) is 19.9. The van der Waals surface area contributed by atoms with Crippen molar-refractivity contribution in [1.29, 1.82) is 0 Å². The van der Waals surface area contributed by atoms with E-state index in [0.717, 1.165) is 22.4 Å². The summed E-state index contributed by atoms with van der Waals surface area (Å²) in [5.41, 5.74) is 4.06. The molecular formula is C26H26N4O3S. The maximum atomic E-state index is 13.5. The molecule has 1 heterocycles. The molecule has 0 aliphatic heterocycles. The molecule has 174 valence electrons. The number of anilines is 1. The molecule has 0 aliphatic rings. The summed E-state index contributed by atoms with van der Waals surface area (Å²) in [6, 6.07) is 21.3. The van der Waals surface area contributed by atoms with Crippen LogP contribution in [0.4, 0.5) is 5.69 Å². The van der Waals surface area contributed by atoms with E-state index in [1.807, 2.05) is 54.9 Å². The van der Waals surface area contributed by atoms with Crippen LogP contribution in [0.15, 0.2) is 96.4 Å². The van der Waals surface area contributed by atoms with Crippen LogP contribution in [0.25, 0.3) is 5.69 Å². The number of hydrogen-bond acceptors (Lipinski definition) is 4. The Hall–Kier alpha value is -3.91. The topological polar surface area (TPSA) is 84.3 Å². The lowest BCUT2D eigenvalue weighted by molar-refractivity contribution is -0.119. The summed E-state index contributed by atoms with van der Waals surface area (Å²) >= 11 is 0. The second kappa shape index (κ2) is 9.93. The minimum atomic E-state index is -3.95. The molecule has 0 spiro atoms. The van der Waals surface area contributed by atoms with Crippen LogP contribution in [-0.4, -0.2) is 30.4 Å². The number of carbonyl (C=O) groups excluding carboxylic acids is 1. The number of rotatable bonds is 8. The number of para-hydroxylation sites is 1. The molecule has 1 aromatic heterocycles. The van der Waals surface area contributed by atoms with Gasteiger partial charge in [0.15, 0.2) is 0 Å². The van der Waals surface area contributed by atoms with Gasteiger partial charge in [0.2, 0.25) is 5.91 Å². The number of amides is 1. The summed E-state index contributed by atoms with van der Waals surface area (Å²) in [5.74, 6) is -0.404. The monoisotopic (exact) mass is 474 g/mol. The summed E-state index contributed by atoms with van der Waals surface area (Å²) in [6.07, 6.45) is 5.20. The van der Waals surface area contributed by atoms with Gasteiger partial charge in [0.1, 0.15) is 6.54 Å². The fourth-order valence-corrected chi connectivity index (χ4v) is 5.25. The summed E-state index contributed by atoms with van der Waals surface area (Å²) < 4.78 is 30.1. The lowest BCUT2D eigenvalue weighted by atomic mass is 10.1. The van der Waals surface area contributed by atoms with Crippen molar-refractivity contribution in [2.24, 2.45) is 0 Å². The molecule has 0 saturated heterocycles. The van der Waals surface area contributed by atoms with Gasteiger partial charge < -0.3 is 9.88 Å². The number of aryl methyl sites for hydroxylation is 2. The van der Waals surface area contributed by atoms with Crippen LogP contribution in [0.2, 0.25) is 0 Å². The van der Waals surface area contributed by atoms with Gasteiger partial charge in [0.05, 0.1) is 22.6 Å². The number of carbonyl (C=O) groups is 1.